The third-order valence-corrected chi connectivity index (χ3v) is 3.26. The fraction of sp³-hybridized carbons (Fsp3) is 0.455. The molecule has 70 valence electrons. The van der Waals surface area contributed by atoms with Crippen LogP contribution < -0.4 is 5.73 Å². The van der Waals surface area contributed by atoms with Crippen molar-refractivity contribution in [2.45, 2.75) is 25.8 Å². The number of fused-ring (bicyclic) bond motifs is 1. The van der Waals surface area contributed by atoms with Gasteiger partial charge in [0.1, 0.15) is 0 Å². The number of hydrogen-bond acceptors (Lipinski definition) is 1. The zero-order valence-corrected chi connectivity index (χ0v) is 8.51. The van der Waals surface area contributed by atoms with Crippen molar-refractivity contribution in [1.82, 2.24) is 0 Å². The normalized spacial score (nSPS) is 22.8. The van der Waals surface area contributed by atoms with E-state index in [0.717, 1.165) is 17.9 Å². The summed E-state index contributed by atoms with van der Waals surface area (Å²) in [6.45, 7) is 2.07. The molecule has 13 heavy (non-hydrogen) atoms. The van der Waals surface area contributed by atoms with Crippen molar-refractivity contribution in [2.75, 3.05) is 0 Å². The van der Waals surface area contributed by atoms with Gasteiger partial charge >= 0.3 is 0 Å². The molecule has 1 aromatic carbocycles. The Balaban J connectivity index is 2.30. The van der Waals surface area contributed by atoms with Gasteiger partial charge in [-0.25, -0.2) is 0 Å². The molecule has 1 aliphatic carbocycles. The molecule has 2 atom stereocenters. The Hall–Kier alpha value is -0.530. The summed E-state index contributed by atoms with van der Waals surface area (Å²) in [5.41, 5.74) is 8.58. The zero-order chi connectivity index (χ0) is 9.42. The molecule has 2 heteroatoms. The van der Waals surface area contributed by atoms with Gasteiger partial charge in [-0.1, -0.05) is 23.7 Å². The van der Waals surface area contributed by atoms with E-state index in [9.17, 15) is 0 Å². The average molecular weight is 196 g/mol. The summed E-state index contributed by atoms with van der Waals surface area (Å²) in [6, 6.07) is 6.40. The molecule has 0 amide bonds. The van der Waals surface area contributed by atoms with Crippen molar-refractivity contribution in [2.24, 2.45) is 11.7 Å². The summed E-state index contributed by atoms with van der Waals surface area (Å²) >= 11 is 6.10. The molecule has 0 aromatic heterocycles. The van der Waals surface area contributed by atoms with Crippen LogP contribution >= 0.6 is 11.6 Å². The summed E-state index contributed by atoms with van der Waals surface area (Å²) in [5.74, 6) is 0.579. The van der Waals surface area contributed by atoms with Crippen LogP contribution in [0.3, 0.4) is 0 Å². The minimum Gasteiger partial charge on any atom is -0.328 e. The van der Waals surface area contributed by atoms with Gasteiger partial charge in [-0.3, -0.25) is 0 Å². The van der Waals surface area contributed by atoms with E-state index in [4.69, 9.17) is 17.3 Å². The number of halogens is 1. The molecule has 0 saturated carbocycles. The van der Waals surface area contributed by atoms with Gasteiger partial charge in [0.2, 0.25) is 0 Å². The summed E-state index contributed by atoms with van der Waals surface area (Å²) in [6.07, 6.45) is 2.14. The van der Waals surface area contributed by atoms with Crippen LogP contribution in [0, 0.1) is 5.92 Å². The average Bonchev–Trinajstić information content (AvgIpc) is 2.49. The van der Waals surface area contributed by atoms with Crippen molar-refractivity contribution >= 4 is 11.6 Å². The van der Waals surface area contributed by atoms with E-state index in [1.807, 2.05) is 12.1 Å². The van der Waals surface area contributed by atoms with Gasteiger partial charge in [0.15, 0.2) is 0 Å². The lowest BCUT2D eigenvalue weighted by Gasteiger charge is -2.12. The first-order valence-electron chi connectivity index (χ1n) is 4.70. The number of benzene rings is 1. The number of hydrogen-bond donors (Lipinski definition) is 1. The minimum atomic E-state index is 0.267. The minimum absolute atomic E-state index is 0.267. The SMILES string of the molecule is CC(N)C1Cc2cccc(Cl)c2C1. The van der Waals surface area contributed by atoms with Gasteiger partial charge in [0, 0.05) is 11.1 Å². The molecule has 0 heterocycles. The summed E-state index contributed by atoms with van der Waals surface area (Å²) in [4.78, 5) is 0. The molecule has 0 spiro atoms. The van der Waals surface area contributed by atoms with E-state index in [1.165, 1.54) is 11.1 Å². The Morgan fingerprint density at radius 1 is 1.46 bits per heavy atom. The van der Waals surface area contributed by atoms with Gasteiger partial charge in [-0.15, -0.1) is 0 Å². The highest BCUT2D eigenvalue weighted by Gasteiger charge is 2.25. The summed E-state index contributed by atoms with van der Waals surface area (Å²) in [7, 11) is 0. The Morgan fingerprint density at radius 3 is 2.85 bits per heavy atom. The molecule has 0 radical (unpaired) electrons. The second-order valence-electron chi connectivity index (χ2n) is 3.90. The molecule has 0 bridgehead atoms. The fourth-order valence-corrected chi connectivity index (χ4v) is 2.28. The van der Waals surface area contributed by atoms with Crippen molar-refractivity contribution in [3.8, 4) is 0 Å². The van der Waals surface area contributed by atoms with Crippen LogP contribution in [0.2, 0.25) is 5.02 Å². The maximum Gasteiger partial charge on any atom is 0.0440 e. The smallest absolute Gasteiger partial charge is 0.0440 e. The Bertz CT molecular complexity index is 320. The quantitative estimate of drug-likeness (QED) is 0.732. The standard InChI is InChI=1S/C11H14ClN/c1-7(13)9-5-8-3-2-4-11(12)10(8)6-9/h2-4,7,9H,5-6,13H2,1H3. The molecule has 1 nitrogen and oxygen atoms in total. The lowest BCUT2D eigenvalue weighted by atomic mass is 9.99. The molecular weight excluding hydrogens is 182 g/mol. The van der Waals surface area contributed by atoms with E-state index < -0.39 is 0 Å². The molecule has 0 saturated heterocycles. The molecule has 2 rings (SSSR count). The number of rotatable bonds is 1. The predicted octanol–water partition coefficient (Wildman–Crippen LogP) is 2.40. The third kappa shape index (κ3) is 1.59. The Kier molecular flexibility index (Phi) is 2.31. The first-order chi connectivity index (χ1) is 6.18. The van der Waals surface area contributed by atoms with Gasteiger partial charge in [0.25, 0.3) is 0 Å². The monoisotopic (exact) mass is 195 g/mol. The predicted molar refractivity (Wildman–Crippen MR) is 56.0 cm³/mol. The van der Waals surface area contributed by atoms with Crippen molar-refractivity contribution < 1.29 is 0 Å². The van der Waals surface area contributed by atoms with E-state index in [1.54, 1.807) is 0 Å². The van der Waals surface area contributed by atoms with Crippen molar-refractivity contribution in [3.63, 3.8) is 0 Å². The van der Waals surface area contributed by atoms with Gasteiger partial charge in [-0.2, -0.15) is 0 Å². The van der Waals surface area contributed by atoms with Crippen LogP contribution in [0.1, 0.15) is 18.1 Å². The van der Waals surface area contributed by atoms with E-state index in [-0.39, 0.29) is 6.04 Å². The zero-order valence-electron chi connectivity index (χ0n) is 7.76. The maximum atomic E-state index is 6.10. The van der Waals surface area contributed by atoms with Crippen LogP contribution in [-0.4, -0.2) is 6.04 Å². The third-order valence-electron chi connectivity index (χ3n) is 2.91. The lowest BCUT2D eigenvalue weighted by molar-refractivity contribution is 0.467. The molecule has 2 unspecified atom stereocenters. The first kappa shape index (κ1) is 9.04. The highest BCUT2D eigenvalue weighted by Crippen LogP contribution is 2.32. The van der Waals surface area contributed by atoms with Crippen LogP contribution in [0.15, 0.2) is 18.2 Å². The Morgan fingerprint density at radius 2 is 2.23 bits per heavy atom. The molecule has 0 fully saturated rings. The first-order valence-corrected chi connectivity index (χ1v) is 5.08. The molecule has 2 N–H and O–H groups in total. The maximum absolute atomic E-state index is 6.10. The van der Waals surface area contributed by atoms with Crippen LogP contribution in [0.5, 0.6) is 0 Å². The highest BCUT2D eigenvalue weighted by molar-refractivity contribution is 6.31. The largest absolute Gasteiger partial charge is 0.328 e. The molecule has 1 aromatic rings. The van der Waals surface area contributed by atoms with Crippen LogP contribution in [0.4, 0.5) is 0 Å². The van der Waals surface area contributed by atoms with Crippen LogP contribution in [-0.2, 0) is 12.8 Å². The summed E-state index contributed by atoms with van der Waals surface area (Å²) < 4.78 is 0. The van der Waals surface area contributed by atoms with Crippen LogP contribution in [0.25, 0.3) is 0 Å². The Labute approximate surface area is 83.9 Å². The number of nitrogens with two attached hydrogens (primary N) is 1. The summed E-state index contributed by atoms with van der Waals surface area (Å²) in [5, 5.41) is 0.903. The van der Waals surface area contributed by atoms with Gasteiger partial charge < -0.3 is 5.73 Å². The van der Waals surface area contributed by atoms with E-state index in [0.29, 0.717) is 5.92 Å². The van der Waals surface area contributed by atoms with E-state index >= 15 is 0 Å². The second kappa shape index (κ2) is 3.32. The highest BCUT2D eigenvalue weighted by atomic mass is 35.5. The molecular formula is C11H14ClN. The van der Waals surface area contributed by atoms with E-state index in [2.05, 4.69) is 13.0 Å². The van der Waals surface area contributed by atoms with Gasteiger partial charge in [-0.05, 0) is 42.9 Å². The fourth-order valence-electron chi connectivity index (χ4n) is 2.01. The molecule has 1 aliphatic rings. The topological polar surface area (TPSA) is 26.0 Å². The molecule has 0 aliphatic heterocycles. The van der Waals surface area contributed by atoms with Crippen molar-refractivity contribution in [3.05, 3.63) is 34.3 Å². The van der Waals surface area contributed by atoms with Gasteiger partial charge in [0.05, 0.1) is 0 Å². The lowest BCUT2D eigenvalue weighted by Crippen LogP contribution is -2.26. The van der Waals surface area contributed by atoms with Crippen molar-refractivity contribution in [1.29, 1.82) is 0 Å². The second-order valence-corrected chi connectivity index (χ2v) is 4.31.